The van der Waals surface area contributed by atoms with Gasteiger partial charge < -0.3 is 20.0 Å². The molecule has 1 heterocycles. The molecule has 1 amide bonds. The molecule has 166 valence electrons. The van der Waals surface area contributed by atoms with Gasteiger partial charge in [-0.2, -0.15) is 0 Å². The molecule has 0 aliphatic carbocycles. The summed E-state index contributed by atoms with van der Waals surface area (Å²) in [5.74, 6) is 2.20. The lowest BCUT2D eigenvalue weighted by Gasteiger charge is -2.18. The Balaban J connectivity index is 0.00000450. The number of nitrogens with one attached hydrogen (secondary N) is 2. The van der Waals surface area contributed by atoms with Gasteiger partial charge >= 0.3 is 0 Å². The Morgan fingerprint density at radius 1 is 1.10 bits per heavy atom. The van der Waals surface area contributed by atoms with Crippen molar-refractivity contribution < 1.29 is 9.21 Å². The molecule has 0 radical (unpaired) electrons. The average Bonchev–Trinajstić information content (AvgIpc) is 3.19. The van der Waals surface area contributed by atoms with Crippen LogP contribution in [0.15, 0.2) is 39.9 Å². The molecule has 1 aromatic heterocycles. The SMILES string of the molecule is CCN(CC)C(=O)c1ccc(CNC(=NC)NCc2ncc(C(C)(C)C)o2)cc1.I. The van der Waals surface area contributed by atoms with Crippen LogP contribution in [0.5, 0.6) is 0 Å². The van der Waals surface area contributed by atoms with Crippen molar-refractivity contribution in [1.82, 2.24) is 20.5 Å². The highest BCUT2D eigenvalue weighted by molar-refractivity contribution is 14.0. The number of carbonyl (C=O) groups is 1. The number of benzene rings is 1. The Morgan fingerprint density at radius 2 is 1.70 bits per heavy atom. The molecule has 0 aliphatic rings. The van der Waals surface area contributed by atoms with Crippen LogP contribution in [-0.2, 0) is 18.5 Å². The van der Waals surface area contributed by atoms with E-state index in [1.165, 1.54) is 0 Å². The highest BCUT2D eigenvalue weighted by atomic mass is 127. The summed E-state index contributed by atoms with van der Waals surface area (Å²) in [6.07, 6.45) is 1.77. The van der Waals surface area contributed by atoms with E-state index < -0.39 is 0 Å². The maximum Gasteiger partial charge on any atom is 0.253 e. The Morgan fingerprint density at radius 3 is 2.20 bits per heavy atom. The summed E-state index contributed by atoms with van der Waals surface area (Å²) in [6, 6.07) is 7.66. The summed E-state index contributed by atoms with van der Waals surface area (Å²) >= 11 is 0. The Kier molecular flexibility index (Phi) is 10.3. The van der Waals surface area contributed by atoms with Crippen molar-refractivity contribution in [1.29, 1.82) is 0 Å². The number of oxazole rings is 1. The first-order valence-electron chi connectivity index (χ1n) is 10.1. The van der Waals surface area contributed by atoms with Crippen LogP contribution in [0.1, 0.15) is 62.2 Å². The summed E-state index contributed by atoms with van der Waals surface area (Å²) in [7, 11) is 1.72. The summed E-state index contributed by atoms with van der Waals surface area (Å²) < 4.78 is 5.79. The quantitative estimate of drug-likeness (QED) is 0.324. The third-order valence-corrected chi connectivity index (χ3v) is 4.63. The minimum atomic E-state index is -0.0655. The van der Waals surface area contributed by atoms with E-state index in [0.29, 0.717) is 43.6 Å². The molecule has 0 atom stereocenters. The third kappa shape index (κ3) is 7.30. The molecule has 2 aromatic rings. The first kappa shape index (κ1) is 25.9. The van der Waals surface area contributed by atoms with Crippen molar-refractivity contribution in [2.45, 2.75) is 53.1 Å². The van der Waals surface area contributed by atoms with Gasteiger partial charge in [-0.3, -0.25) is 9.79 Å². The van der Waals surface area contributed by atoms with Crippen molar-refractivity contribution in [3.8, 4) is 0 Å². The van der Waals surface area contributed by atoms with E-state index in [1.54, 1.807) is 13.2 Å². The number of aromatic nitrogens is 1. The van der Waals surface area contributed by atoms with Crippen LogP contribution in [0.2, 0.25) is 0 Å². The molecular formula is C22H34IN5O2. The predicted octanol–water partition coefficient (Wildman–Crippen LogP) is 3.94. The third-order valence-electron chi connectivity index (χ3n) is 4.63. The normalized spacial score (nSPS) is 11.6. The highest BCUT2D eigenvalue weighted by Gasteiger charge is 2.19. The fourth-order valence-electron chi connectivity index (χ4n) is 2.76. The van der Waals surface area contributed by atoms with Gasteiger partial charge in [-0.1, -0.05) is 32.9 Å². The number of halogens is 1. The number of nitrogens with zero attached hydrogens (tertiary/aromatic N) is 3. The fraction of sp³-hybridized carbons (Fsp3) is 0.500. The first-order valence-corrected chi connectivity index (χ1v) is 10.1. The summed E-state index contributed by atoms with van der Waals surface area (Å²) in [4.78, 5) is 22.7. The Hall–Kier alpha value is -2.10. The molecule has 0 spiro atoms. The first-order chi connectivity index (χ1) is 13.8. The van der Waals surface area contributed by atoms with Gasteiger partial charge in [-0.25, -0.2) is 4.98 Å². The zero-order valence-corrected chi connectivity index (χ0v) is 21.1. The van der Waals surface area contributed by atoms with Gasteiger partial charge in [0, 0.05) is 37.7 Å². The molecule has 2 N–H and O–H groups in total. The van der Waals surface area contributed by atoms with E-state index in [1.807, 2.05) is 43.0 Å². The van der Waals surface area contributed by atoms with Crippen molar-refractivity contribution in [2.75, 3.05) is 20.1 Å². The van der Waals surface area contributed by atoms with Crippen molar-refractivity contribution in [3.63, 3.8) is 0 Å². The number of carbonyl (C=O) groups excluding carboxylic acids is 1. The maximum absolute atomic E-state index is 12.4. The topological polar surface area (TPSA) is 82.8 Å². The Labute approximate surface area is 196 Å². The smallest absolute Gasteiger partial charge is 0.253 e. The van der Waals surface area contributed by atoms with E-state index in [-0.39, 0.29) is 35.3 Å². The lowest BCUT2D eigenvalue weighted by molar-refractivity contribution is 0.0773. The number of aliphatic imine (C=N–C) groups is 1. The number of guanidine groups is 1. The minimum absolute atomic E-state index is 0. The molecular weight excluding hydrogens is 493 g/mol. The molecule has 2 rings (SSSR count). The standard InChI is InChI=1S/C22H33N5O2.HI/c1-7-27(8-2)20(28)17-11-9-16(10-12-17)13-25-21(23-6)26-15-19-24-14-18(29-19)22(3,4)5;/h9-12,14H,7-8,13,15H2,1-6H3,(H2,23,25,26);1H. The van der Waals surface area contributed by atoms with Crippen molar-refractivity contribution in [2.24, 2.45) is 4.99 Å². The van der Waals surface area contributed by atoms with Gasteiger partial charge in [0.05, 0.1) is 12.7 Å². The van der Waals surface area contributed by atoms with Gasteiger partial charge in [0.1, 0.15) is 5.76 Å². The van der Waals surface area contributed by atoms with Gasteiger partial charge in [-0.15, -0.1) is 24.0 Å². The van der Waals surface area contributed by atoms with E-state index in [4.69, 9.17) is 4.42 Å². The van der Waals surface area contributed by atoms with Crippen LogP contribution in [0.25, 0.3) is 0 Å². The maximum atomic E-state index is 12.4. The van der Waals surface area contributed by atoms with Crippen LogP contribution >= 0.6 is 24.0 Å². The molecule has 30 heavy (non-hydrogen) atoms. The lowest BCUT2D eigenvalue weighted by Crippen LogP contribution is -2.36. The van der Waals surface area contributed by atoms with E-state index >= 15 is 0 Å². The molecule has 0 saturated heterocycles. The van der Waals surface area contributed by atoms with E-state index in [9.17, 15) is 4.79 Å². The van der Waals surface area contributed by atoms with Crippen LogP contribution in [0.4, 0.5) is 0 Å². The molecule has 0 bridgehead atoms. The summed E-state index contributed by atoms with van der Waals surface area (Å²) in [6.45, 7) is 12.7. The lowest BCUT2D eigenvalue weighted by atomic mass is 9.94. The van der Waals surface area contributed by atoms with E-state index in [0.717, 1.165) is 11.3 Å². The largest absolute Gasteiger partial charge is 0.443 e. The van der Waals surface area contributed by atoms with Crippen LogP contribution in [0.3, 0.4) is 0 Å². The molecule has 8 heteroatoms. The second-order valence-electron chi connectivity index (χ2n) is 7.82. The number of rotatable bonds is 7. The van der Waals surface area contributed by atoms with Crippen LogP contribution < -0.4 is 10.6 Å². The zero-order valence-electron chi connectivity index (χ0n) is 18.8. The monoisotopic (exact) mass is 527 g/mol. The zero-order chi connectivity index (χ0) is 21.4. The van der Waals surface area contributed by atoms with Crippen molar-refractivity contribution in [3.05, 3.63) is 53.2 Å². The molecule has 0 fully saturated rings. The molecule has 0 unspecified atom stereocenters. The van der Waals surface area contributed by atoms with Gasteiger partial charge in [0.2, 0.25) is 5.89 Å². The molecule has 7 nitrogen and oxygen atoms in total. The predicted molar refractivity (Wildman–Crippen MR) is 131 cm³/mol. The van der Waals surface area contributed by atoms with Gasteiger partial charge in [0.15, 0.2) is 5.96 Å². The highest BCUT2D eigenvalue weighted by Crippen LogP contribution is 2.22. The number of hydrogen-bond acceptors (Lipinski definition) is 4. The summed E-state index contributed by atoms with van der Waals surface area (Å²) in [5, 5.41) is 6.46. The second kappa shape index (κ2) is 11.9. The number of amides is 1. The average molecular weight is 527 g/mol. The van der Waals surface area contributed by atoms with Gasteiger partial charge in [-0.05, 0) is 31.5 Å². The van der Waals surface area contributed by atoms with Gasteiger partial charge in [0.25, 0.3) is 5.91 Å². The second-order valence-corrected chi connectivity index (χ2v) is 7.82. The van der Waals surface area contributed by atoms with Crippen LogP contribution in [-0.4, -0.2) is 41.9 Å². The summed E-state index contributed by atoms with van der Waals surface area (Å²) in [5.41, 5.74) is 1.71. The molecule has 0 saturated carbocycles. The Bertz CT molecular complexity index is 821. The molecule has 1 aromatic carbocycles. The molecule has 0 aliphatic heterocycles. The number of hydrogen-bond donors (Lipinski definition) is 2. The van der Waals surface area contributed by atoms with Crippen LogP contribution in [0, 0.1) is 0 Å². The van der Waals surface area contributed by atoms with Crippen molar-refractivity contribution >= 4 is 35.8 Å². The fourth-order valence-corrected chi connectivity index (χ4v) is 2.76. The van der Waals surface area contributed by atoms with E-state index in [2.05, 4.69) is 41.4 Å². The minimum Gasteiger partial charge on any atom is -0.443 e.